The number of nitrogens with two attached hydrogens (primary N) is 1. The number of nitrogen functional groups attached to an aromatic ring is 1. The van der Waals surface area contributed by atoms with E-state index in [-0.39, 0.29) is 12.1 Å². The van der Waals surface area contributed by atoms with Crippen LogP contribution in [0.1, 0.15) is 35.8 Å². The second-order valence-corrected chi connectivity index (χ2v) is 7.91. The molecule has 7 heteroatoms. The van der Waals surface area contributed by atoms with Crippen molar-refractivity contribution in [2.24, 2.45) is 0 Å². The number of nitrogens with zero attached hydrogens (tertiary/aromatic N) is 2. The Morgan fingerprint density at radius 3 is 2.62 bits per heavy atom. The molecule has 1 fully saturated rings. The number of carbonyl (C=O) groups is 1. The summed E-state index contributed by atoms with van der Waals surface area (Å²) in [4.78, 5) is 12.5. The molecule has 5 rings (SSSR count). The fraction of sp³-hybridized carbons (Fsp3) is 0.200. The lowest BCUT2D eigenvalue weighted by Gasteiger charge is -2.23. The molecule has 0 aliphatic carbocycles. The molecular formula is C25H25N5O2. The Kier molecular flexibility index (Phi) is 5.47. The number of hydrogen-bond donors (Lipinski definition) is 3. The van der Waals surface area contributed by atoms with E-state index in [2.05, 4.69) is 22.8 Å². The number of nitrogens with one attached hydrogen (secondary N) is 2. The van der Waals surface area contributed by atoms with Gasteiger partial charge >= 0.3 is 0 Å². The minimum absolute atomic E-state index is 0.0465. The van der Waals surface area contributed by atoms with Gasteiger partial charge in [0.15, 0.2) is 12.0 Å². The first-order valence-electron chi connectivity index (χ1n) is 10.8. The van der Waals surface area contributed by atoms with E-state index < -0.39 is 0 Å². The van der Waals surface area contributed by atoms with Crippen LogP contribution in [0.4, 0.5) is 22.9 Å². The van der Waals surface area contributed by atoms with Gasteiger partial charge in [0, 0.05) is 34.6 Å². The molecule has 0 bridgehead atoms. The van der Waals surface area contributed by atoms with Crippen molar-refractivity contribution in [2.45, 2.75) is 25.5 Å². The van der Waals surface area contributed by atoms with Crippen LogP contribution in [-0.2, 0) is 4.74 Å². The van der Waals surface area contributed by atoms with Gasteiger partial charge in [-0.05, 0) is 73.9 Å². The van der Waals surface area contributed by atoms with Gasteiger partial charge in [0.1, 0.15) is 0 Å². The van der Waals surface area contributed by atoms with Gasteiger partial charge in [-0.1, -0.05) is 18.2 Å². The third-order valence-electron chi connectivity index (χ3n) is 5.60. The summed E-state index contributed by atoms with van der Waals surface area (Å²) in [5, 5.41) is 12.2. The summed E-state index contributed by atoms with van der Waals surface area (Å²) in [6, 6.07) is 22.6. The lowest BCUT2D eigenvalue weighted by Crippen LogP contribution is -2.19. The predicted octanol–water partition coefficient (Wildman–Crippen LogP) is 5.31. The van der Waals surface area contributed by atoms with Crippen LogP contribution in [0.2, 0.25) is 0 Å². The highest BCUT2D eigenvalue weighted by Gasteiger charge is 2.21. The Hall–Kier alpha value is -3.84. The SMILES string of the molecule is Nc1ccc(C(=O)Nc2cccc(Nc3nn(C4CCCCO4)c4ccccc34)c2)cc1. The van der Waals surface area contributed by atoms with E-state index in [0.717, 1.165) is 48.3 Å². The maximum absolute atomic E-state index is 12.5. The summed E-state index contributed by atoms with van der Waals surface area (Å²) >= 11 is 0. The minimum atomic E-state index is -0.189. The molecule has 3 aromatic carbocycles. The maximum Gasteiger partial charge on any atom is 0.255 e. The van der Waals surface area contributed by atoms with Crippen LogP contribution in [0.15, 0.2) is 72.8 Å². The molecule has 0 saturated carbocycles. The van der Waals surface area contributed by atoms with Gasteiger partial charge in [-0.15, -0.1) is 0 Å². The van der Waals surface area contributed by atoms with Crippen LogP contribution < -0.4 is 16.4 Å². The topological polar surface area (TPSA) is 94.2 Å². The molecule has 162 valence electrons. The molecule has 1 unspecified atom stereocenters. The molecule has 0 spiro atoms. The largest absolute Gasteiger partial charge is 0.399 e. The van der Waals surface area contributed by atoms with Crippen molar-refractivity contribution in [1.29, 1.82) is 0 Å². The van der Waals surface area contributed by atoms with Crippen LogP contribution in [0.5, 0.6) is 0 Å². The van der Waals surface area contributed by atoms with Gasteiger partial charge < -0.3 is 21.1 Å². The predicted molar refractivity (Wildman–Crippen MR) is 127 cm³/mol. The number of carbonyl (C=O) groups excluding carboxylic acids is 1. The number of aromatic nitrogens is 2. The van der Waals surface area contributed by atoms with Gasteiger partial charge in [-0.3, -0.25) is 4.79 Å². The Balaban J connectivity index is 1.38. The molecule has 7 nitrogen and oxygen atoms in total. The molecule has 1 aromatic heterocycles. The molecule has 1 aliphatic rings. The van der Waals surface area contributed by atoms with Crippen LogP contribution in [0, 0.1) is 0 Å². The van der Waals surface area contributed by atoms with Gasteiger partial charge in [0.25, 0.3) is 5.91 Å². The minimum Gasteiger partial charge on any atom is -0.399 e. The van der Waals surface area contributed by atoms with Crippen LogP contribution in [0.3, 0.4) is 0 Å². The zero-order valence-corrected chi connectivity index (χ0v) is 17.6. The number of para-hydroxylation sites is 1. The van der Waals surface area contributed by atoms with Gasteiger partial charge in [-0.25, -0.2) is 4.68 Å². The molecule has 0 radical (unpaired) electrons. The van der Waals surface area contributed by atoms with E-state index in [1.54, 1.807) is 24.3 Å². The van der Waals surface area contributed by atoms with E-state index in [1.165, 1.54) is 0 Å². The lowest BCUT2D eigenvalue weighted by molar-refractivity contribution is -0.0365. The molecule has 1 amide bonds. The highest BCUT2D eigenvalue weighted by atomic mass is 16.5. The van der Waals surface area contributed by atoms with E-state index in [9.17, 15) is 4.79 Å². The summed E-state index contributed by atoms with van der Waals surface area (Å²) < 4.78 is 7.94. The summed E-state index contributed by atoms with van der Waals surface area (Å²) in [7, 11) is 0. The van der Waals surface area contributed by atoms with Crippen LogP contribution in [-0.4, -0.2) is 22.3 Å². The molecule has 1 saturated heterocycles. The third kappa shape index (κ3) is 4.15. The van der Waals surface area contributed by atoms with Crippen molar-refractivity contribution in [2.75, 3.05) is 23.0 Å². The average molecular weight is 428 g/mol. The molecule has 32 heavy (non-hydrogen) atoms. The molecule has 4 N–H and O–H groups in total. The quantitative estimate of drug-likeness (QED) is 0.375. The van der Waals surface area contributed by atoms with E-state index in [4.69, 9.17) is 15.6 Å². The summed E-state index contributed by atoms with van der Waals surface area (Å²) in [6.07, 6.45) is 3.14. The number of amides is 1. The van der Waals surface area contributed by atoms with Crippen molar-refractivity contribution >= 4 is 39.7 Å². The molecule has 2 heterocycles. The van der Waals surface area contributed by atoms with Gasteiger partial charge in [-0.2, -0.15) is 5.10 Å². The first-order valence-corrected chi connectivity index (χ1v) is 10.8. The smallest absolute Gasteiger partial charge is 0.255 e. The highest BCUT2D eigenvalue weighted by molar-refractivity contribution is 6.04. The molecule has 1 atom stereocenters. The molecule has 4 aromatic rings. The van der Waals surface area contributed by atoms with Crippen molar-refractivity contribution in [3.8, 4) is 0 Å². The summed E-state index contributed by atoms with van der Waals surface area (Å²) in [5.41, 5.74) is 9.44. The van der Waals surface area contributed by atoms with Gasteiger partial charge in [0.05, 0.1) is 5.52 Å². The van der Waals surface area contributed by atoms with E-state index >= 15 is 0 Å². The normalized spacial score (nSPS) is 16.1. The number of fused-ring (bicyclic) bond motifs is 1. The number of anilines is 4. The Morgan fingerprint density at radius 2 is 1.81 bits per heavy atom. The maximum atomic E-state index is 12.5. The van der Waals surface area contributed by atoms with Crippen LogP contribution in [0.25, 0.3) is 10.9 Å². The summed E-state index contributed by atoms with van der Waals surface area (Å²) in [5.74, 6) is 0.572. The second-order valence-electron chi connectivity index (χ2n) is 7.91. The monoisotopic (exact) mass is 427 g/mol. The molecule has 1 aliphatic heterocycles. The van der Waals surface area contributed by atoms with Gasteiger partial charge in [0.2, 0.25) is 0 Å². The number of hydrogen-bond acceptors (Lipinski definition) is 5. The van der Waals surface area contributed by atoms with Crippen molar-refractivity contribution in [3.63, 3.8) is 0 Å². The number of ether oxygens (including phenoxy) is 1. The van der Waals surface area contributed by atoms with Crippen molar-refractivity contribution < 1.29 is 9.53 Å². The standard InChI is InChI=1S/C25H25N5O2/c26-18-13-11-17(12-14-18)25(31)28-20-7-5-6-19(16-20)27-24-21-8-1-2-9-22(21)30(29-24)23-10-3-4-15-32-23/h1-2,5-9,11-14,16,23H,3-4,10,15,26H2,(H,27,29)(H,28,31). The lowest BCUT2D eigenvalue weighted by atomic mass is 10.2. The third-order valence-corrected chi connectivity index (χ3v) is 5.60. The molecular weight excluding hydrogens is 402 g/mol. The zero-order chi connectivity index (χ0) is 21.9. The second kappa shape index (κ2) is 8.72. The number of rotatable bonds is 5. The Morgan fingerprint density at radius 1 is 1.00 bits per heavy atom. The van der Waals surface area contributed by atoms with Crippen LogP contribution >= 0.6 is 0 Å². The summed E-state index contributed by atoms with van der Waals surface area (Å²) in [6.45, 7) is 0.761. The first kappa shape index (κ1) is 20.1. The van der Waals surface area contributed by atoms with Crippen molar-refractivity contribution in [1.82, 2.24) is 9.78 Å². The zero-order valence-electron chi connectivity index (χ0n) is 17.6. The first-order chi connectivity index (χ1) is 15.7. The van der Waals surface area contributed by atoms with Crippen molar-refractivity contribution in [3.05, 3.63) is 78.4 Å². The van der Waals surface area contributed by atoms with E-state index in [0.29, 0.717) is 16.9 Å². The van der Waals surface area contributed by atoms with E-state index in [1.807, 2.05) is 41.1 Å². The Labute approximate surface area is 186 Å². The fourth-order valence-corrected chi connectivity index (χ4v) is 3.97. The highest BCUT2D eigenvalue weighted by Crippen LogP contribution is 2.32. The fourth-order valence-electron chi connectivity index (χ4n) is 3.97. The average Bonchev–Trinajstić information content (AvgIpc) is 3.19. The Bertz CT molecular complexity index is 1240. The number of benzene rings is 3.